The molecule has 1 aliphatic heterocycles. The summed E-state index contributed by atoms with van der Waals surface area (Å²) in [4.78, 5) is 24.9. The first-order valence-corrected chi connectivity index (χ1v) is 7.79. The maximum Gasteiger partial charge on any atom is 0.306 e. The Morgan fingerprint density at radius 3 is 2.73 bits per heavy atom. The van der Waals surface area contributed by atoms with Gasteiger partial charge in [0.15, 0.2) is 0 Å². The van der Waals surface area contributed by atoms with E-state index in [4.69, 9.17) is 9.84 Å². The lowest BCUT2D eigenvalue weighted by Crippen LogP contribution is -2.46. The van der Waals surface area contributed by atoms with Gasteiger partial charge in [0.2, 0.25) is 5.91 Å². The Bertz CT molecular complexity index is 545. The second-order valence-electron chi connectivity index (χ2n) is 6.15. The summed E-state index contributed by atoms with van der Waals surface area (Å²) in [7, 11) is 0. The van der Waals surface area contributed by atoms with Gasteiger partial charge in [-0.25, -0.2) is 0 Å². The maximum atomic E-state index is 12.4. The molecule has 5 nitrogen and oxygen atoms in total. The number of aliphatic carboxylic acids is 1. The number of hydrogen-bond acceptors (Lipinski definition) is 3. The fraction of sp³-hybridized carbons (Fsp3) is 0.529. The molecule has 1 heterocycles. The molecule has 0 spiro atoms. The zero-order chi connectivity index (χ0) is 15.5. The van der Waals surface area contributed by atoms with Crippen molar-refractivity contribution in [2.45, 2.75) is 31.3 Å². The van der Waals surface area contributed by atoms with Crippen LogP contribution in [0, 0.1) is 5.92 Å². The van der Waals surface area contributed by atoms with E-state index in [2.05, 4.69) is 12.1 Å². The van der Waals surface area contributed by atoms with E-state index in [0.717, 1.165) is 6.42 Å². The van der Waals surface area contributed by atoms with E-state index in [1.165, 1.54) is 5.56 Å². The van der Waals surface area contributed by atoms with E-state index < -0.39 is 5.97 Å². The standard InChI is InChI=1S/C17H21NO4/c19-16(18-6-7-22-14(11-18)10-17(20)21)9-13-8-15(13)12-4-2-1-3-5-12/h1-5,13-15H,6-11H2,(H,20,21)/t13-,14?,15-/m0/s1. The molecule has 0 radical (unpaired) electrons. The van der Waals surface area contributed by atoms with Crippen LogP contribution in [0.25, 0.3) is 0 Å². The Kier molecular flexibility index (Phi) is 4.43. The molecule has 1 aliphatic carbocycles. The number of carboxylic acids is 1. The lowest BCUT2D eigenvalue weighted by Gasteiger charge is -2.32. The minimum Gasteiger partial charge on any atom is -0.481 e. The Hall–Kier alpha value is -1.88. The van der Waals surface area contributed by atoms with E-state index in [0.29, 0.717) is 38.0 Å². The summed E-state index contributed by atoms with van der Waals surface area (Å²) in [6, 6.07) is 10.3. The number of ether oxygens (including phenoxy) is 1. The number of nitrogens with zero attached hydrogens (tertiary/aromatic N) is 1. The molecule has 0 aromatic heterocycles. The van der Waals surface area contributed by atoms with Gasteiger partial charge in [-0.05, 0) is 23.8 Å². The van der Waals surface area contributed by atoms with Crippen LogP contribution in [0.2, 0.25) is 0 Å². The molecule has 118 valence electrons. The summed E-state index contributed by atoms with van der Waals surface area (Å²) < 4.78 is 5.41. The third kappa shape index (κ3) is 3.65. The minimum absolute atomic E-state index is 0.0418. The lowest BCUT2D eigenvalue weighted by molar-refractivity contribution is -0.147. The molecule has 1 unspecified atom stereocenters. The van der Waals surface area contributed by atoms with E-state index in [9.17, 15) is 9.59 Å². The fourth-order valence-electron chi connectivity index (χ4n) is 3.20. The summed E-state index contributed by atoms with van der Waals surface area (Å²) in [6.07, 6.45) is 1.21. The second kappa shape index (κ2) is 6.48. The van der Waals surface area contributed by atoms with Crippen LogP contribution in [-0.2, 0) is 14.3 Å². The monoisotopic (exact) mass is 303 g/mol. The number of rotatable bonds is 5. The van der Waals surface area contributed by atoms with Crippen LogP contribution >= 0.6 is 0 Å². The number of hydrogen-bond donors (Lipinski definition) is 1. The van der Waals surface area contributed by atoms with Gasteiger partial charge in [-0.15, -0.1) is 0 Å². The smallest absolute Gasteiger partial charge is 0.306 e. The number of carbonyl (C=O) groups excluding carboxylic acids is 1. The molecule has 1 N–H and O–H groups in total. The highest BCUT2D eigenvalue weighted by Crippen LogP contribution is 2.49. The summed E-state index contributed by atoms with van der Waals surface area (Å²) in [5.41, 5.74) is 1.31. The van der Waals surface area contributed by atoms with E-state index in [1.54, 1.807) is 4.90 Å². The van der Waals surface area contributed by atoms with Gasteiger partial charge in [0.1, 0.15) is 0 Å². The third-order valence-corrected chi connectivity index (χ3v) is 4.48. The van der Waals surface area contributed by atoms with Gasteiger partial charge in [0.05, 0.1) is 19.1 Å². The Balaban J connectivity index is 1.49. The van der Waals surface area contributed by atoms with Crippen molar-refractivity contribution in [3.63, 3.8) is 0 Å². The predicted molar refractivity (Wildman–Crippen MR) is 80.5 cm³/mol. The molecule has 3 atom stereocenters. The van der Waals surface area contributed by atoms with Crippen LogP contribution in [0.3, 0.4) is 0 Å². The molecule has 2 fully saturated rings. The molecule has 1 aromatic carbocycles. The minimum atomic E-state index is -0.884. The molecule has 5 heteroatoms. The van der Waals surface area contributed by atoms with E-state index in [1.807, 2.05) is 18.2 Å². The van der Waals surface area contributed by atoms with Crippen molar-refractivity contribution in [3.8, 4) is 0 Å². The van der Waals surface area contributed by atoms with Gasteiger partial charge in [0.25, 0.3) is 0 Å². The van der Waals surface area contributed by atoms with Crippen LogP contribution in [0.15, 0.2) is 30.3 Å². The van der Waals surface area contributed by atoms with Crippen molar-refractivity contribution in [1.82, 2.24) is 4.90 Å². The van der Waals surface area contributed by atoms with Gasteiger partial charge in [-0.1, -0.05) is 30.3 Å². The molecule has 2 aliphatic rings. The summed E-state index contributed by atoms with van der Waals surface area (Å²) in [5, 5.41) is 8.82. The number of amides is 1. The SMILES string of the molecule is O=C(O)CC1CN(C(=O)C[C@@H]2C[C@H]2c2ccccc2)CCO1. The average molecular weight is 303 g/mol. The van der Waals surface area contributed by atoms with E-state index >= 15 is 0 Å². The highest BCUT2D eigenvalue weighted by Gasteiger charge is 2.40. The molecule has 1 saturated carbocycles. The summed E-state index contributed by atoms with van der Waals surface area (Å²) in [6.45, 7) is 1.39. The average Bonchev–Trinajstić information content (AvgIpc) is 3.27. The van der Waals surface area contributed by atoms with Gasteiger partial charge < -0.3 is 14.7 Å². The molecule has 1 aromatic rings. The molecular weight excluding hydrogens is 282 g/mol. The second-order valence-corrected chi connectivity index (χ2v) is 6.15. The third-order valence-electron chi connectivity index (χ3n) is 4.48. The number of benzene rings is 1. The highest BCUT2D eigenvalue weighted by molar-refractivity contribution is 5.77. The van der Waals surface area contributed by atoms with Gasteiger partial charge in [0, 0.05) is 19.5 Å². The predicted octanol–water partition coefficient (Wildman–Crippen LogP) is 1.88. The molecule has 1 saturated heterocycles. The molecule has 22 heavy (non-hydrogen) atoms. The molecule has 1 amide bonds. The molecular formula is C17H21NO4. The first-order valence-electron chi connectivity index (χ1n) is 7.79. The van der Waals surface area contributed by atoms with Crippen molar-refractivity contribution in [2.24, 2.45) is 5.92 Å². The van der Waals surface area contributed by atoms with Crippen molar-refractivity contribution in [1.29, 1.82) is 0 Å². The van der Waals surface area contributed by atoms with Gasteiger partial charge >= 0.3 is 5.97 Å². The quantitative estimate of drug-likeness (QED) is 0.902. The highest BCUT2D eigenvalue weighted by atomic mass is 16.5. The van der Waals surface area contributed by atoms with Gasteiger partial charge in [-0.3, -0.25) is 9.59 Å². The summed E-state index contributed by atoms with van der Waals surface area (Å²) >= 11 is 0. The Labute approximate surface area is 129 Å². The largest absolute Gasteiger partial charge is 0.481 e. The first kappa shape index (κ1) is 15.0. The van der Waals surface area contributed by atoms with Crippen molar-refractivity contribution in [2.75, 3.05) is 19.7 Å². The molecule has 0 bridgehead atoms. The maximum absolute atomic E-state index is 12.4. The van der Waals surface area contributed by atoms with Crippen molar-refractivity contribution < 1.29 is 19.4 Å². The summed E-state index contributed by atoms with van der Waals surface area (Å²) in [5.74, 6) is 0.171. The van der Waals surface area contributed by atoms with Crippen molar-refractivity contribution in [3.05, 3.63) is 35.9 Å². The van der Waals surface area contributed by atoms with Gasteiger partial charge in [-0.2, -0.15) is 0 Å². The van der Waals surface area contributed by atoms with E-state index in [-0.39, 0.29) is 18.4 Å². The zero-order valence-corrected chi connectivity index (χ0v) is 12.5. The number of carboxylic acid groups (broad SMARTS) is 1. The Morgan fingerprint density at radius 2 is 2.00 bits per heavy atom. The van der Waals surface area contributed by atoms with Crippen molar-refractivity contribution >= 4 is 11.9 Å². The number of carbonyl (C=O) groups is 2. The molecule has 3 rings (SSSR count). The van der Waals surface area contributed by atoms with Crippen LogP contribution in [-0.4, -0.2) is 47.7 Å². The van der Waals surface area contributed by atoms with Crippen LogP contribution in [0.4, 0.5) is 0 Å². The first-order chi connectivity index (χ1) is 10.6. The Morgan fingerprint density at radius 1 is 1.23 bits per heavy atom. The zero-order valence-electron chi connectivity index (χ0n) is 12.5. The van der Waals surface area contributed by atoms with Crippen LogP contribution in [0.5, 0.6) is 0 Å². The number of morpholine rings is 1. The topological polar surface area (TPSA) is 66.8 Å². The van der Waals surface area contributed by atoms with Crippen LogP contribution in [0.1, 0.15) is 30.7 Å². The fourth-order valence-corrected chi connectivity index (χ4v) is 3.20. The normalized spacial score (nSPS) is 27.5. The van der Waals surface area contributed by atoms with Crippen LogP contribution < -0.4 is 0 Å². The lowest BCUT2D eigenvalue weighted by atomic mass is 10.1.